The number of nitrogens with one attached hydrogen (secondary N) is 4. The maximum Gasteiger partial charge on any atom is 0.326 e. The Labute approximate surface area is 351 Å². The molecule has 2 rings (SSSR count). The first-order valence-corrected chi connectivity index (χ1v) is 20.6. The summed E-state index contributed by atoms with van der Waals surface area (Å²) >= 11 is 0.976. The van der Waals surface area contributed by atoms with Gasteiger partial charge in [-0.3, -0.25) is 38.5 Å². The Hall–Kier alpha value is -4.81. The zero-order valence-corrected chi connectivity index (χ0v) is 36.6. The van der Waals surface area contributed by atoms with E-state index in [1.54, 1.807) is 20.2 Å². The smallest absolute Gasteiger partial charge is 0.326 e. The molecule has 0 spiro atoms. The Bertz CT molecular complexity index is 1730. The normalized spacial score (nSPS) is 17.5. The van der Waals surface area contributed by atoms with Gasteiger partial charge in [0.15, 0.2) is 0 Å². The fourth-order valence-electron chi connectivity index (χ4n) is 6.67. The highest BCUT2D eigenvalue weighted by Gasteiger charge is 2.42. The number of hydrogen-bond donors (Lipinski definition) is 7. The number of nitrogens with two attached hydrogens (primary N) is 1. The molecular weight excluding hydrogens is 783 g/mol. The quantitative estimate of drug-likeness (QED) is 0.0642. The minimum atomic E-state index is -1.44. The fourth-order valence-corrected chi connectivity index (χ4v) is 7.78. The van der Waals surface area contributed by atoms with E-state index in [9.17, 15) is 43.5 Å². The van der Waals surface area contributed by atoms with Crippen LogP contribution in [0.15, 0.2) is 42.0 Å². The molecule has 1 aliphatic heterocycles. The molecule has 328 valence electrons. The van der Waals surface area contributed by atoms with Gasteiger partial charge in [0.25, 0.3) is 0 Å². The first-order valence-electron chi connectivity index (χ1n) is 19.6. The molecule has 0 saturated carbocycles. The number of nitrogens with zero attached hydrogens (tertiary/aromatic N) is 2. The summed E-state index contributed by atoms with van der Waals surface area (Å²) < 4.78 is 0. The lowest BCUT2D eigenvalue weighted by Gasteiger charge is -2.40. The minimum absolute atomic E-state index is 0.0548. The van der Waals surface area contributed by atoms with Crippen molar-refractivity contribution in [3.63, 3.8) is 0 Å². The van der Waals surface area contributed by atoms with Gasteiger partial charge in [-0.15, -0.1) is 11.8 Å². The molecule has 18 heteroatoms. The van der Waals surface area contributed by atoms with E-state index in [1.165, 1.54) is 11.8 Å². The molecule has 1 saturated heterocycles. The van der Waals surface area contributed by atoms with E-state index in [0.717, 1.165) is 22.2 Å². The van der Waals surface area contributed by atoms with E-state index in [4.69, 9.17) is 10.8 Å². The monoisotopic (exact) mass is 845 g/mol. The van der Waals surface area contributed by atoms with E-state index < -0.39 is 81.9 Å². The third-order valence-corrected chi connectivity index (χ3v) is 11.7. The number of carbonyl (C=O) groups excluding carboxylic acids is 6. The van der Waals surface area contributed by atoms with Crippen LogP contribution in [-0.4, -0.2) is 136 Å². The molecule has 17 nitrogen and oxygen atoms in total. The van der Waals surface area contributed by atoms with Crippen molar-refractivity contribution in [3.8, 4) is 0 Å². The van der Waals surface area contributed by atoms with Gasteiger partial charge in [0.1, 0.15) is 18.1 Å². The number of thioether (sulfide) groups is 1. The van der Waals surface area contributed by atoms with Crippen LogP contribution in [0.3, 0.4) is 0 Å². The van der Waals surface area contributed by atoms with Gasteiger partial charge in [0.2, 0.25) is 35.4 Å². The lowest BCUT2D eigenvalue weighted by Crippen LogP contribution is -2.61. The lowest BCUT2D eigenvalue weighted by molar-refractivity contribution is -0.142. The predicted molar refractivity (Wildman–Crippen MR) is 224 cm³/mol. The van der Waals surface area contributed by atoms with Crippen LogP contribution in [0.25, 0.3) is 0 Å². The number of likely N-dealkylation sites (N-methyl/N-ethyl adjacent to an activating group) is 2. The topological polar surface area (TPSA) is 258 Å². The number of rotatable bonds is 22. The summed E-state index contributed by atoms with van der Waals surface area (Å²) in [4.78, 5) is 105. The minimum Gasteiger partial charge on any atom is -0.480 e. The summed E-state index contributed by atoms with van der Waals surface area (Å²) in [6, 6.07) is 4.71. The average Bonchev–Trinajstić information content (AvgIpc) is 3.43. The Morgan fingerprint density at radius 2 is 1.59 bits per heavy atom. The standard InChI is InChI=1S/C41H63N7O10S/c1-23(2)28(47(10)37(54)33(40(4,5)6)46-35(52)32(43-9)41(7,8)25-14-12-11-13-15-25)20-24(3)34(51)45-27(39(57)58)16-17-30(49)44-18-19-48-31(50)21-29(36(48)53)59-22-26(42)38(55)56/h11-15,20,23,26-29,32-33,43H,16-19,21-22,42H2,1-10H3,(H,44,49)(H,45,51)(H,46,52)(H,55,56)(H,57,58)/t26-,27?,28?,29?,32?,33?/m0/s1. The van der Waals surface area contributed by atoms with Crippen LogP contribution < -0.4 is 27.0 Å². The van der Waals surface area contributed by atoms with Crippen molar-refractivity contribution in [1.82, 2.24) is 31.1 Å². The van der Waals surface area contributed by atoms with Gasteiger partial charge in [-0.25, -0.2) is 4.79 Å². The van der Waals surface area contributed by atoms with Crippen LogP contribution in [0, 0.1) is 11.3 Å². The highest BCUT2D eigenvalue weighted by Crippen LogP contribution is 2.29. The zero-order valence-electron chi connectivity index (χ0n) is 35.8. The number of amides is 6. The van der Waals surface area contributed by atoms with Gasteiger partial charge in [0.05, 0.1) is 17.3 Å². The summed E-state index contributed by atoms with van der Waals surface area (Å²) in [5.41, 5.74) is 5.22. The van der Waals surface area contributed by atoms with Crippen LogP contribution in [0.5, 0.6) is 0 Å². The molecule has 0 bridgehead atoms. The van der Waals surface area contributed by atoms with Gasteiger partial charge < -0.3 is 42.1 Å². The molecule has 1 aliphatic rings. The SMILES string of the molecule is CNC(C(=O)NC(C(=O)N(C)C(C=C(C)C(=O)NC(CCC(=O)NCCN1C(=O)CC(SC[C@H](N)C(=O)O)C1=O)C(=O)O)C(C)C)C(C)(C)C)C(C)(C)c1ccccc1. The van der Waals surface area contributed by atoms with Crippen molar-refractivity contribution < 1.29 is 48.6 Å². The summed E-state index contributed by atoms with van der Waals surface area (Å²) in [6.45, 7) is 14.4. The Morgan fingerprint density at radius 1 is 0.983 bits per heavy atom. The third-order valence-electron chi connectivity index (χ3n) is 10.4. The molecule has 6 atom stereocenters. The second-order valence-corrected chi connectivity index (χ2v) is 18.0. The number of hydrogen-bond acceptors (Lipinski definition) is 11. The second-order valence-electron chi connectivity index (χ2n) is 16.8. The van der Waals surface area contributed by atoms with Crippen molar-refractivity contribution in [1.29, 1.82) is 0 Å². The molecular formula is C41H63N7O10S. The molecule has 8 N–H and O–H groups in total. The molecule has 1 fully saturated rings. The Morgan fingerprint density at radius 3 is 2.12 bits per heavy atom. The van der Waals surface area contributed by atoms with Crippen LogP contribution in [0.4, 0.5) is 0 Å². The van der Waals surface area contributed by atoms with Crippen molar-refractivity contribution in [2.75, 3.05) is 32.9 Å². The predicted octanol–water partition coefficient (Wildman–Crippen LogP) is 1.25. The maximum absolute atomic E-state index is 14.2. The summed E-state index contributed by atoms with van der Waals surface area (Å²) in [6.07, 6.45) is 0.891. The number of likely N-dealkylation sites (tertiary alicyclic amines) is 1. The highest BCUT2D eigenvalue weighted by molar-refractivity contribution is 8.00. The second kappa shape index (κ2) is 22.0. The van der Waals surface area contributed by atoms with E-state index >= 15 is 0 Å². The molecule has 59 heavy (non-hydrogen) atoms. The molecule has 1 heterocycles. The van der Waals surface area contributed by atoms with Crippen LogP contribution >= 0.6 is 11.8 Å². The average molecular weight is 846 g/mol. The number of carboxylic acid groups (broad SMARTS) is 2. The van der Waals surface area contributed by atoms with E-state index in [0.29, 0.717) is 0 Å². The molecule has 6 amide bonds. The molecule has 5 unspecified atom stereocenters. The zero-order chi connectivity index (χ0) is 45.0. The number of imide groups is 1. The van der Waals surface area contributed by atoms with Gasteiger partial charge in [-0.05, 0) is 37.3 Å². The number of aliphatic carboxylic acids is 2. The molecule has 1 aromatic rings. The summed E-state index contributed by atoms with van der Waals surface area (Å²) in [5, 5.41) is 29.1. The van der Waals surface area contributed by atoms with Gasteiger partial charge in [0, 0.05) is 49.7 Å². The van der Waals surface area contributed by atoms with Crippen LogP contribution in [0.1, 0.15) is 80.2 Å². The van der Waals surface area contributed by atoms with Crippen molar-refractivity contribution in [3.05, 3.63) is 47.5 Å². The Balaban J connectivity index is 2.07. The first kappa shape index (κ1) is 50.3. The van der Waals surface area contributed by atoms with Crippen molar-refractivity contribution in [2.45, 2.75) is 116 Å². The van der Waals surface area contributed by atoms with Crippen molar-refractivity contribution >= 4 is 59.1 Å². The number of benzene rings is 1. The summed E-state index contributed by atoms with van der Waals surface area (Å²) in [7, 11) is 3.28. The molecule has 0 radical (unpaired) electrons. The number of carbonyl (C=O) groups is 8. The largest absolute Gasteiger partial charge is 0.480 e. The molecule has 1 aromatic carbocycles. The lowest BCUT2D eigenvalue weighted by atomic mass is 9.76. The maximum atomic E-state index is 14.2. The Kier molecular flexibility index (Phi) is 18.8. The molecule has 0 aromatic heterocycles. The highest BCUT2D eigenvalue weighted by atomic mass is 32.2. The van der Waals surface area contributed by atoms with E-state index in [1.807, 2.05) is 78.8 Å². The van der Waals surface area contributed by atoms with Crippen LogP contribution in [-0.2, 0) is 43.8 Å². The number of carboxylic acids is 2. The fraction of sp³-hybridized carbons (Fsp3) is 0.610. The van der Waals surface area contributed by atoms with Crippen molar-refractivity contribution in [2.24, 2.45) is 17.1 Å². The third kappa shape index (κ3) is 14.2. The van der Waals surface area contributed by atoms with Crippen LogP contribution in [0.2, 0.25) is 0 Å². The first-order chi connectivity index (χ1) is 27.3. The molecule has 0 aliphatic carbocycles. The summed E-state index contributed by atoms with van der Waals surface area (Å²) in [5.74, 6) is -5.85. The van der Waals surface area contributed by atoms with Gasteiger partial charge in [-0.1, -0.05) is 84.9 Å². The van der Waals surface area contributed by atoms with E-state index in [2.05, 4.69) is 21.3 Å². The van der Waals surface area contributed by atoms with Gasteiger partial charge >= 0.3 is 11.9 Å². The van der Waals surface area contributed by atoms with Gasteiger partial charge in [-0.2, -0.15) is 0 Å². The van der Waals surface area contributed by atoms with E-state index in [-0.39, 0.29) is 61.4 Å².